The van der Waals surface area contributed by atoms with Crippen LogP contribution in [0.5, 0.6) is 17.2 Å². The second-order valence-corrected chi connectivity index (χ2v) is 5.20. The van der Waals surface area contributed by atoms with Crippen molar-refractivity contribution in [2.45, 2.75) is 19.6 Å². The Morgan fingerprint density at radius 3 is 2.88 bits per heavy atom. The molecule has 1 N–H and O–H groups in total. The molecule has 1 aromatic heterocycles. The van der Waals surface area contributed by atoms with E-state index in [9.17, 15) is 5.11 Å². The van der Waals surface area contributed by atoms with Gasteiger partial charge >= 0.3 is 0 Å². The molecule has 1 aliphatic heterocycles. The Balaban J connectivity index is 2.40. The van der Waals surface area contributed by atoms with E-state index in [0.29, 0.717) is 22.4 Å². The average Bonchev–Trinajstić information content (AvgIpc) is 2.53. The first-order valence-electron chi connectivity index (χ1n) is 5.16. The molecule has 5 heteroatoms. The lowest BCUT2D eigenvalue weighted by molar-refractivity contribution is -0.0426. The first kappa shape index (κ1) is 10.7. The van der Waals surface area contributed by atoms with Gasteiger partial charge in [-0.2, -0.15) is 0 Å². The van der Waals surface area contributed by atoms with Gasteiger partial charge in [-0.15, -0.1) is 0 Å². The number of halogens is 1. The number of hydrogen-bond donors (Lipinski definition) is 1. The third-order valence-electron chi connectivity index (χ3n) is 2.57. The van der Waals surface area contributed by atoms with Gasteiger partial charge in [-0.05, 0) is 22.0 Å². The van der Waals surface area contributed by atoms with Crippen molar-refractivity contribution < 1.29 is 14.6 Å². The predicted molar refractivity (Wildman–Crippen MR) is 66.4 cm³/mol. The number of pyridine rings is 1. The molecule has 3 rings (SSSR count). The number of aromatic hydroxyl groups is 1. The first-order chi connectivity index (χ1) is 7.98. The smallest absolute Gasteiger partial charge is 0.246 e. The molecule has 1 aliphatic rings. The second-order valence-electron chi connectivity index (χ2n) is 4.34. The summed E-state index contributed by atoms with van der Waals surface area (Å²) in [6.07, 6.45) is 1.55. The van der Waals surface area contributed by atoms with E-state index in [1.807, 2.05) is 13.8 Å². The molecule has 0 radical (unpaired) electrons. The van der Waals surface area contributed by atoms with Gasteiger partial charge in [0, 0.05) is 30.6 Å². The van der Waals surface area contributed by atoms with Crippen LogP contribution in [0.15, 0.2) is 22.8 Å². The van der Waals surface area contributed by atoms with E-state index in [4.69, 9.17) is 9.47 Å². The molecule has 17 heavy (non-hydrogen) atoms. The van der Waals surface area contributed by atoms with Crippen LogP contribution >= 0.6 is 15.9 Å². The number of rotatable bonds is 0. The van der Waals surface area contributed by atoms with Crippen molar-refractivity contribution in [1.29, 1.82) is 0 Å². The third kappa shape index (κ3) is 1.53. The van der Waals surface area contributed by atoms with E-state index in [1.165, 1.54) is 6.07 Å². The summed E-state index contributed by atoms with van der Waals surface area (Å²) in [6.45, 7) is 3.64. The highest BCUT2D eigenvalue weighted by Crippen LogP contribution is 2.48. The molecule has 0 bridgehead atoms. The van der Waals surface area contributed by atoms with Gasteiger partial charge in [-0.3, -0.25) is 4.98 Å². The average molecular weight is 296 g/mol. The van der Waals surface area contributed by atoms with Crippen molar-refractivity contribution in [3.63, 3.8) is 0 Å². The summed E-state index contributed by atoms with van der Waals surface area (Å²) in [5.41, 5.74) is 0.657. The summed E-state index contributed by atoms with van der Waals surface area (Å²) < 4.78 is 12.1. The summed E-state index contributed by atoms with van der Waals surface area (Å²) in [6, 6.07) is 3.34. The van der Waals surface area contributed by atoms with Gasteiger partial charge in [-0.1, -0.05) is 0 Å². The molecule has 4 nitrogen and oxygen atoms in total. The molecule has 0 atom stereocenters. The van der Waals surface area contributed by atoms with Crippen molar-refractivity contribution in [3.05, 3.63) is 22.8 Å². The highest BCUT2D eigenvalue weighted by atomic mass is 79.9. The van der Waals surface area contributed by atoms with Crippen LogP contribution in [0.25, 0.3) is 10.9 Å². The van der Waals surface area contributed by atoms with Crippen LogP contribution in [0.1, 0.15) is 13.8 Å². The predicted octanol–water partition coefficient (Wildman–Crippen LogP) is 3.21. The summed E-state index contributed by atoms with van der Waals surface area (Å²) in [4.78, 5) is 4.22. The van der Waals surface area contributed by atoms with E-state index in [-0.39, 0.29) is 5.75 Å². The molecule has 0 fully saturated rings. The minimum atomic E-state index is -0.724. The molecule has 0 unspecified atom stereocenters. The SMILES string of the molecule is CC1(C)Oc2cc(Br)c3nccc(O)c3c2O1. The highest BCUT2D eigenvalue weighted by molar-refractivity contribution is 9.10. The van der Waals surface area contributed by atoms with E-state index in [1.54, 1.807) is 12.3 Å². The van der Waals surface area contributed by atoms with Gasteiger partial charge in [0.05, 0.1) is 10.9 Å². The maximum absolute atomic E-state index is 9.93. The van der Waals surface area contributed by atoms with Gasteiger partial charge in [0.15, 0.2) is 11.5 Å². The van der Waals surface area contributed by atoms with Gasteiger partial charge in [0.1, 0.15) is 5.75 Å². The number of hydrogen-bond acceptors (Lipinski definition) is 4. The Bertz CT molecular complexity index is 625. The van der Waals surface area contributed by atoms with Crippen LogP contribution in [-0.2, 0) is 0 Å². The Morgan fingerprint density at radius 2 is 2.12 bits per heavy atom. The zero-order valence-corrected chi connectivity index (χ0v) is 10.9. The van der Waals surface area contributed by atoms with E-state index in [0.717, 1.165) is 4.47 Å². The zero-order chi connectivity index (χ0) is 12.2. The van der Waals surface area contributed by atoms with Crippen LogP contribution in [-0.4, -0.2) is 15.9 Å². The van der Waals surface area contributed by atoms with Crippen LogP contribution in [0.2, 0.25) is 0 Å². The second kappa shape index (κ2) is 3.26. The van der Waals surface area contributed by atoms with Crippen molar-refractivity contribution in [2.24, 2.45) is 0 Å². The van der Waals surface area contributed by atoms with E-state index < -0.39 is 5.79 Å². The lowest BCUT2D eigenvalue weighted by atomic mass is 10.1. The summed E-state index contributed by atoms with van der Waals surface area (Å²) in [7, 11) is 0. The number of ether oxygens (including phenoxy) is 2. The standard InChI is InChI=1S/C12H10BrNO3/c1-12(2)16-8-5-6(13)10-9(11(8)17-12)7(15)3-4-14-10/h3-5H,1-2H3,(H,14,15). The zero-order valence-electron chi connectivity index (χ0n) is 9.32. The number of benzene rings is 1. The summed E-state index contributed by atoms with van der Waals surface area (Å²) >= 11 is 3.41. The number of fused-ring (bicyclic) bond motifs is 3. The van der Waals surface area contributed by atoms with Gasteiger partial charge < -0.3 is 14.6 Å². The third-order valence-corrected chi connectivity index (χ3v) is 3.17. The largest absolute Gasteiger partial charge is 0.507 e. The van der Waals surface area contributed by atoms with E-state index in [2.05, 4.69) is 20.9 Å². The molecule has 0 aliphatic carbocycles. The Kier molecular flexibility index (Phi) is 2.04. The minimum Gasteiger partial charge on any atom is -0.507 e. The number of aromatic nitrogens is 1. The highest BCUT2D eigenvalue weighted by Gasteiger charge is 2.34. The monoisotopic (exact) mass is 295 g/mol. The van der Waals surface area contributed by atoms with Gasteiger partial charge in [0.2, 0.25) is 5.79 Å². The van der Waals surface area contributed by atoms with Crippen LogP contribution in [0.4, 0.5) is 0 Å². The first-order valence-corrected chi connectivity index (χ1v) is 5.95. The Hall–Kier alpha value is -1.49. The molecule has 2 heterocycles. The molecular weight excluding hydrogens is 286 g/mol. The van der Waals surface area contributed by atoms with Gasteiger partial charge in [0.25, 0.3) is 0 Å². The van der Waals surface area contributed by atoms with Crippen molar-refractivity contribution in [3.8, 4) is 17.2 Å². The molecule has 0 spiro atoms. The minimum absolute atomic E-state index is 0.133. The fraction of sp³-hybridized carbons (Fsp3) is 0.250. The normalized spacial score (nSPS) is 16.4. The summed E-state index contributed by atoms with van der Waals surface area (Å²) in [5.74, 6) is 0.559. The molecule has 1 aromatic carbocycles. The maximum atomic E-state index is 9.93. The Labute approximate surface area is 106 Å². The lowest BCUT2D eigenvalue weighted by Crippen LogP contribution is -2.29. The Morgan fingerprint density at radius 1 is 1.35 bits per heavy atom. The quantitative estimate of drug-likeness (QED) is 0.811. The molecule has 0 saturated carbocycles. The van der Waals surface area contributed by atoms with Gasteiger partial charge in [-0.25, -0.2) is 0 Å². The summed E-state index contributed by atoms with van der Waals surface area (Å²) in [5, 5.41) is 10.5. The van der Waals surface area contributed by atoms with Crippen molar-refractivity contribution >= 4 is 26.8 Å². The van der Waals surface area contributed by atoms with Crippen molar-refractivity contribution in [2.75, 3.05) is 0 Å². The topological polar surface area (TPSA) is 51.6 Å². The molecule has 0 amide bonds. The van der Waals surface area contributed by atoms with Crippen LogP contribution in [0.3, 0.4) is 0 Å². The lowest BCUT2D eigenvalue weighted by Gasteiger charge is -2.16. The maximum Gasteiger partial charge on any atom is 0.246 e. The fourth-order valence-corrected chi connectivity index (χ4v) is 2.45. The molecule has 2 aromatic rings. The fourth-order valence-electron chi connectivity index (χ4n) is 1.94. The molecule has 0 saturated heterocycles. The molecule has 88 valence electrons. The van der Waals surface area contributed by atoms with E-state index >= 15 is 0 Å². The van der Waals surface area contributed by atoms with Crippen molar-refractivity contribution in [1.82, 2.24) is 4.98 Å². The number of nitrogens with zero attached hydrogens (tertiary/aromatic N) is 1. The molecular formula is C12H10BrNO3. The van der Waals surface area contributed by atoms with Crippen LogP contribution in [0, 0.1) is 0 Å². The van der Waals surface area contributed by atoms with Crippen LogP contribution < -0.4 is 9.47 Å².